The van der Waals surface area contributed by atoms with Crippen LogP contribution >= 0.6 is 0 Å². The molecule has 0 heterocycles. The molecule has 0 radical (unpaired) electrons. The van der Waals surface area contributed by atoms with E-state index in [0.717, 1.165) is 11.3 Å². The Labute approximate surface area is 129 Å². The zero-order valence-corrected chi connectivity index (χ0v) is 14.9. The summed E-state index contributed by atoms with van der Waals surface area (Å²) in [5.74, 6) is 0.955. The summed E-state index contributed by atoms with van der Waals surface area (Å²) in [7, 11) is 5.12. The van der Waals surface area contributed by atoms with Crippen molar-refractivity contribution in [1.29, 1.82) is 0 Å². The zero-order chi connectivity index (χ0) is 14.9. The molecule has 0 N–H and O–H groups in total. The largest absolute Gasteiger partial charge is 0.100 e. The van der Waals surface area contributed by atoms with Crippen LogP contribution in [0, 0.1) is 16.7 Å². The van der Waals surface area contributed by atoms with Gasteiger partial charge in [0.25, 0.3) is 0 Å². The van der Waals surface area contributed by atoms with Crippen molar-refractivity contribution in [3.05, 3.63) is 0 Å². The van der Waals surface area contributed by atoms with Crippen LogP contribution in [0.1, 0.15) is 91.4 Å². The van der Waals surface area contributed by atoms with Gasteiger partial charge in [-0.05, 0) is 48.9 Å². The van der Waals surface area contributed by atoms with Crippen LogP contribution in [0.2, 0.25) is 5.21 Å². The second-order valence-corrected chi connectivity index (χ2v) is 9.19. The maximum atomic E-state index is 2.56. The Kier molecular flexibility index (Phi) is 5.02. The zero-order valence-electron chi connectivity index (χ0n) is 14.9. The fourth-order valence-corrected chi connectivity index (χ4v) is 5.25. The molecule has 1 spiro atoms. The first-order valence-corrected chi connectivity index (χ1v) is 9.33. The molecule has 0 aromatic rings. The minimum absolute atomic E-state index is 0.490. The second kappa shape index (κ2) is 6.09. The van der Waals surface area contributed by atoms with Crippen molar-refractivity contribution < 1.29 is 0 Å². The molecule has 0 nitrogen and oxygen atoms in total. The van der Waals surface area contributed by atoms with Gasteiger partial charge in [-0.1, -0.05) is 64.5 Å². The highest BCUT2D eigenvalue weighted by Gasteiger charge is 2.45. The Morgan fingerprint density at radius 2 is 1.50 bits per heavy atom. The van der Waals surface area contributed by atoms with E-state index in [4.69, 9.17) is 0 Å². The van der Waals surface area contributed by atoms with Crippen LogP contribution in [0.25, 0.3) is 0 Å². The minimum atomic E-state index is 0.490. The molecule has 2 saturated carbocycles. The van der Waals surface area contributed by atoms with Crippen molar-refractivity contribution in [1.82, 2.24) is 0 Å². The molecule has 0 bridgehead atoms. The number of hydrogen-bond acceptors (Lipinski definition) is 0. The summed E-state index contributed by atoms with van der Waals surface area (Å²) in [6.07, 6.45) is 16.4. The first-order valence-electron chi connectivity index (χ1n) is 9.33. The van der Waals surface area contributed by atoms with E-state index in [1.165, 1.54) is 57.8 Å². The predicted molar refractivity (Wildman–Crippen MR) is 95.9 cm³/mol. The van der Waals surface area contributed by atoms with Gasteiger partial charge >= 0.3 is 0 Å². The Morgan fingerprint density at radius 1 is 0.950 bits per heavy atom. The lowest BCUT2D eigenvalue weighted by atomic mass is 9.35. The smallest absolute Gasteiger partial charge is 0.0769 e. The van der Waals surface area contributed by atoms with Gasteiger partial charge in [0.05, 0.1) is 0 Å². The van der Waals surface area contributed by atoms with Gasteiger partial charge in [-0.25, -0.2) is 0 Å². The molecule has 0 saturated heterocycles. The Hall–Kier alpha value is 0.130. The lowest BCUT2D eigenvalue weighted by molar-refractivity contribution is 0.0705. The maximum absolute atomic E-state index is 2.56. The molecule has 0 unspecified atom stereocenters. The highest BCUT2D eigenvalue weighted by molar-refractivity contribution is 6.40. The third-order valence-corrected chi connectivity index (χ3v) is 7.60. The van der Waals surface area contributed by atoms with Crippen LogP contribution in [-0.4, -0.2) is 15.7 Å². The normalized spacial score (nSPS) is 24.9. The fraction of sp³-hybridized carbons (Fsp3) is 1.00. The van der Waals surface area contributed by atoms with Crippen LogP contribution in [0.3, 0.4) is 0 Å². The third-order valence-electron chi connectivity index (χ3n) is 7.60. The molecule has 2 rings (SSSR count). The Morgan fingerprint density at radius 3 is 2.00 bits per heavy atom. The standard InChI is InChI=1S/C18H36B2/c1-4-10-16(2,3)18(19,20)15-8-13-17(14-9-15)11-6-5-7-12-17/h15H,4-14,19-20H2,1-3H3. The van der Waals surface area contributed by atoms with Crippen LogP contribution in [0.5, 0.6) is 0 Å². The lowest BCUT2D eigenvalue weighted by Gasteiger charge is -2.53. The molecule has 0 atom stereocenters. The van der Waals surface area contributed by atoms with Gasteiger partial charge in [0.15, 0.2) is 0 Å². The van der Waals surface area contributed by atoms with Crippen LogP contribution in [0.15, 0.2) is 0 Å². The van der Waals surface area contributed by atoms with Crippen molar-refractivity contribution in [3.63, 3.8) is 0 Å². The van der Waals surface area contributed by atoms with Crippen molar-refractivity contribution in [2.45, 2.75) is 96.6 Å². The quantitative estimate of drug-likeness (QED) is 0.669. The van der Waals surface area contributed by atoms with E-state index in [9.17, 15) is 0 Å². The topological polar surface area (TPSA) is 0 Å². The van der Waals surface area contributed by atoms with E-state index in [1.807, 2.05) is 0 Å². The molecular weight excluding hydrogens is 238 g/mol. The molecule has 20 heavy (non-hydrogen) atoms. The van der Waals surface area contributed by atoms with Gasteiger partial charge in [-0.2, -0.15) is 0 Å². The van der Waals surface area contributed by atoms with E-state index < -0.39 is 0 Å². The van der Waals surface area contributed by atoms with E-state index >= 15 is 0 Å². The van der Waals surface area contributed by atoms with E-state index in [2.05, 4.69) is 36.5 Å². The van der Waals surface area contributed by atoms with Gasteiger partial charge in [-0.15, -0.1) is 0 Å². The number of hydrogen-bond donors (Lipinski definition) is 0. The Bertz CT molecular complexity index is 303. The van der Waals surface area contributed by atoms with Crippen molar-refractivity contribution >= 4 is 15.7 Å². The van der Waals surface area contributed by atoms with E-state index in [1.54, 1.807) is 12.8 Å². The first kappa shape index (κ1) is 16.5. The summed E-state index contributed by atoms with van der Waals surface area (Å²) >= 11 is 0. The average molecular weight is 274 g/mol. The van der Waals surface area contributed by atoms with Crippen molar-refractivity contribution in [3.8, 4) is 0 Å². The van der Waals surface area contributed by atoms with Crippen LogP contribution in [0.4, 0.5) is 0 Å². The summed E-state index contributed by atoms with van der Waals surface area (Å²) < 4.78 is 0. The predicted octanol–water partition coefficient (Wildman–Crippen LogP) is 4.34. The summed E-state index contributed by atoms with van der Waals surface area (Å²) in [6, 6.07) is 0. The molecule has 0 amide bonds. The molecular formula is C18H36B2. The monoisotopic (exact) mass is 274 g/mol. The summed E-state index contributed by atoms with van der Waals surface area (Å²) in [5.41, 5.74) is 1.27. The van der Waals surface area contributed by atoms with E-state index in [-0.39, 0.29) is 0 Å². The van der Waals surface area contributed by atoms with Crippen LogP contribution in [-0.2, 0) is 0 Å². The van der Waals surface area contributed by atoms with Crippen molar-refractivity contribution in [2.75, 3.05) is 0 Å². The second-order valence-electron chi connectivity index (χ2n) is 9.19. The third kappa shape index (κ3) is 3.14. The fourth-order valence-electron chi connectivity index (χ4n) is 5.25. The highest BCUT2D eigenvalue weighted by atomic mass is 14.5. The summed E-state index contributed by atoms with van der Waals surface area (Å²) in [5, 5.41) is 0.499. The van der Waals surface area contributed by atoms with Crippen LogP contribution < -0.4 is 0 Å². The minimum Gasteiger partial charge on any atom is -0.0769 e. The van der Waals surface area contributed by atoms with Gasteiger partial charge in [0.2, 0.25) is 0 Å². The number of rotatable bonds is 4. The molecule has 114 valence electrons. The summed E-state index contributed by atoms with van der Waals surface area (Å²) in [4.78, 5) is 0. The molecule has 2 aliphatic carbocycles. The summed E-state index contributed by atoms with van der Waals surface area (Å²) in [6.45, 7) is 7.37. The molecule has 0 aromatic heterocycles. The molecule has 2 fully saturated rings. The SMILES string of the molecule is BC(B)(C1CCC2(CCCCC2)CC1)C(C)(C)CCC. The van der Waals surface area contributed by atoms with Gasteiger partial charge < -0.3 is 0 Å². The lowest BCUT2D eigenvalue weighted by Crippen LogP contribution is -2.42. The molecule has 0 aliphatic heterocycles. The van der Waals surface area contributed by atoms with Crippen molar-refractivity contribution in [2.24, 2.45) is 16.7 Å². The Balaban J connectivity index is 1.98. The maximum Gasteiger partial charge on any atom is 0.100 e. The highest BCUT2D eigenvalue weighted by Crippen LogP contribution is 2.57. The first-order chi connectivity index (χ1) is 9.33. The van der Waals surface area contributed by atoms with Gasteiger partial charge in [-0.3, -0.25) is 0 Å². The average Bonchev–Trinajstić information content (AvgIpc) is 2.40. The molecule has 2 heteroatoms. The molecule has 2 aliphatic rings. The van der Waals surface area contributed by atoms with Gasteiger partial charge in [0, 0.05) is 0 Å². The molecule has 0 aromatic carbocycles. The van der Waals surface area contributed by atoms with E-state index in [0.29, 0.717) is 10.6 Å². The van der Waals surface area contributed by atoms with Gasteiger partial charge in [0.1, 0.15) is 15.7 Å².